The van der Waals surface area contributed by atoms with Crippen molar-refractivity contribution in [2.45, 2.75) is 25.6 Å². The van der Waals surface area contributed by atoms with Gasteiger partial charge in [0.2, 0.25) is 0 Å². The van der Waals surface area contributed by atoms with Crippen LogP contribution in [0.1, 0.15) is 13.8 Å². The second kappa shape index (κ2) is 2.25. The highest BCUT2D eigenvalue weighted by Crippen LogP contribution is 2.18. The molecule has 9 heavy (non-hydrogen) atoms. The zero-order valence-corrected chi connectivity index (χ0v) is 5.76. The van der Waals surface area contributed by atoms with Crippen LogP contribution in [-0.2, 0) is 9.47 Å². The van der Waals surface area contributed by atoms with Crippen LogP contribution in [0.4, 0.5) is 0 Å². The fraction of sp³-hybridized carbons (Fsp3) is 1.00. The molecule has 3 heteroatoms. The number of hydrogen-bond acceptors (Lipinski definition) is 3. The van der Waals surface area contributed by atoms with Crippen molar-refractivity contribution in [1.29, 1.82) is 0 Å². The highest BCUT2D eigenvalue weighted by atomic mass is 16.7. The van der Waals surface area contributed by atoms with Crippen LogP contribution in [-0.4, -0.2) is 30.2 Å². The summed E-state index contributed by atoms with van der Waals surface area (Å²) in [4.78, 5) is 0. The first kappa shape index (κ1) is 6.99. The van der Waals surface area contributed by atoms with E-state index >= 15 is 0 Å². The Kier molecular flexibility index (Phi) is 1.75. The molecule has 0 amide bonds. The molecular formula is C6H12O3. The van der Waals surface area contributed by atoms with E-state index in [0.29, 0.717) is 13.4 Å². The van der Waals surface area contributed by atoms with Crippen LogP contribution < -0.4 is 0 Å². The molecule has 1 N–H and O–H groups in total. The van der Waals surface area contributed by atoms with Gasteiger partial charge < -0.3 is 14.6 Å². The van der Waals surface area contributed by atoms with Gasteiger partial charge in [-0.3, -0.25) is 0 Å². The predicted molar refractivity (Wildman–Crippen MR) is 32.0 cm³/mol. The van der Waals surface area contributed by atoms with Crippen molar-refractivity contribution in [3.05, 3.63) is 0 Å². The summed E-state index contributed by atoms with van der Waals surface area (Å²) in [5, 5.41) is 9.19. The fourth-order valence-electron chi connectivity index (χ4n) is 0.650. The third-order valence-corrected chi connectivity index (χ3v) is 1.59. The average Bonchev–Trinajstić information content (AvgIpc) is 1.77. The maximum atomic E-state index is 9.19. The summed E-state index contributed by atoms with van der Waals surface area (Å²) in [5.41, 5.74) is -0.432. The maximum Gasteiger partial charge on any atom is 0.147 e. The van der Waals surface area contributed by atoms with Gasteiger partial charge in [-0.15, -0.1) is 0 Å². The van der Waals surface area contributed by atoms with Crippen LogP contribution in [0.5, 0.6) is 0 Å². The minimum absolute atomic E-state index is 0.296. The number of rotatable bonds is 0. The van der Waals surface area contributed by atoms with Crippen LogP contribution in [0.2, 0.25) is 0 Å². The molecule has 1 aliphatic heterocycles. The van der Waals surface area contributed by atoms with Crippen molar-refractivity contribution in [3.63, 3.8) is 0 Å². The predicted octanol–water partition coefficient (Wildman–Crippen LogP) is 0.130. The van der Waals surface area contributed by atoms with E-state index in [-0.39, 0.29) is 0 Å². The van der Waals surface area contributed by atoms with Gasteiger partial charge in [-0.2, -0.15) is 0 Å². The third-order valence-electron chi connectivity index (χ3n) is 1.59. The van der Waals surface area contributed by atoms with Gasteiger partial charge in [0.15, 0.2) is 0 Å². The van der Waals surface area contributed by atoms with Crippen molar-refractivity contribution in [2.24, 2.45) is 0 Å². The molecule has 3 nitrogen and oxygen atoms in total. The molecule has 0 unspecified atom stereocenters. The van der Waals surface area contributed by atoms with E-state index in [4.69, 9.17) is 9.47 Å². The van der Waals surface area contributed by atoms with Crippen molar-refractivity contribution in [3.8, 4) is 0 Å². The van der Waals surface area contributed by atoms with Gasteiger partial charge in [0.25, 0.3) is 0 Å². The zero-order valence-electron chi connectivity index (χ0n) is 5.76. The molecule has 1 fully saturated rings. The smallest absolute Gasteiger partial charge is 0.147 e. The van der Waals surface area contributed by atoms with Crippen molar-refractivity contribution >= 4 is 0 Å². The molecule has 0 radical (unpaired) electrons. The highest BCUT2D eigenvalue weighted by molar-refractivity contribution is 4.79. The van der Waals surface area contributed by atoms with Gasteiger partial charge in [0, 0.05) is 0 Å². The van der Waals surface area contributed by atoms with Crippen LogP contribution in [0.3, 0.4) is 0 Å². The lowest BCUT2D eigenvalue weighted by atomic mass is 10.0. The Hall–Kier alpha value is -0.120. The van der Waals surface area contributed by atoms with Gasteiger partial charge in [-0.1, -0.05) is 0 Å². The van der Waals surface area contributed by atoms with Gasteiger partial charge >= 0.3 is 0 Å². The van der Waals surface area contributed by atoms with Crippen LogP contribution >= 0.6 is 0 Å². The molecule has 0 aromatic rings. The third kappa shape index (κ3) is 1.41. The maximum absolute atomic E-state index is 9.19. The number of ether oxygens (including phenoxy) is 2. The lowest BCUT2D eigenvalue weighted by Crippen LogP contribution is -2.46. The minimum Gasteiger partial charge on any atom is -0.388 e. The quantitative estimate of drug-likeness (QED) is 0.509. The Morgan fingerprint density at radius 3 is 2.56 bits per heavy atom. The second-order valence-electron chi connectivity index (χ2n) is 2.75. The fourth-order valence-corrected chi connectivity index (χ4v) is 0.650. The van der Waals surface area contributed by atoms with Gasteiger partial charge in [0.05, 0.1) is 12.2 Å². The summed E-state index contributed by atoms with van der Waals surface area (Å²) in [6, 6.07) is 0. The van der Waals surface area contributed by atoms with Crippen molar-refractivity contribution in [1.82, 2.24) is 0 Å². The van der Waals surface area contributed by atoms with Gasteiger partial charge in [-0.25, -0.2) is 0 Å². The minimum atomic E-state index is -0.494. The topological polar surface area (TPSA) is 38.7 Å². The molecule has 0 aromatic heterocycles. The molecule has 1 aliphatic rings. The first-order valence-electron chi connectivity index (χ1n) is 3.03. The Labute approximate surface area is 54.6 Å². The molecule has 1 rings (SSSR count). The van der Waals surface area contributed by atoms with Gasteiger partial charge in [-0.05, 0) is 13.8 Å². The summed E-state index contributed by atoms with van der Waals surface area (Å²) in [5.74, 6) is 0. The normalized spacial score (nSPS) is 34.3. The zero-order chi connectivity index (χ0) is 6.91. The summed E-state index contributed by atoms with van der Waals surface area (Å²) in [6.45, 7) is 4.37. The molecule has 1 heterocycles. The SMILES string of the molecule is CC1(C)OCOC[C@H]1O. The molecule has 0 spiro atoms. The first-order valence-corrected chi connectivity index (χ1v) is 3.03. The summed E-state index contributed by atoms with van der Waals surface area (Å²) in [7, 11) is 0. The largest absolute Gasteiger partial charge is 0.388 e. The summed E-state index contributed by atoms with van der Waals surface area (Å²) in [6.07, 6.45) is -0.494. The van der Waals surface area contributed by atoms with Crippen LogP contribution in [0.15, 0.2) is 0 Å². The van der Waals surface area contributed by atoms with E-state index < -0.39 is 11.7 Å². The lowest BCUT2D eigenvalue weighted by molar-refractivity contribution is -0.232. The molecular weight excluding hydrogens is 120 g/mol. The summed E-state index contributed by atoms with van der Waals surface area (Å²) >= 11 is 0. The van der Waals surface area contributed by atoms with E-state index in [2.05, 4.69) is 0 Å². The molecule has 54 valence electrons. The molecule has 1 atom stereocenters. The Balaban J connectivity index is 2.49. The van der Waals surface area contributed by atoms with Crippen LogP contribution in [0, 0.1) is 0 Å². The summed E-state index contributed by atoms with van der Waals surface area (Å²) < 4.78 is 9.95. The van der Waals surface area contributed by atoms with E-state index in [9.17, 15) is 5.11 Å². The Morgan fingerprint density at radius 2 is 2.22 bits per heavy atom. The molecule has 1 saturated heterocycles. The van der Waals surface area contributed by atoms with Gasteiger partial charge in [0.1, 0.15) is 12.9 Å². The average molecular weight is 132 g/mol. The van der Waals surface area contributed by atoms with E-state index in [1.165, 1.54) is 0 Å². The Morgan fingerprint density at radius 1 is 1.56 bits per heavy atom. The number of aliphatic hydroxyl groups is 1. The standard InChI is InChI=1S/C6H12O3/c1-6(2)5(7)3-8-4-9-6/h5,7H,3-4H2,1-2H3/t5-/m1/s1. The lowest BCUT2D eigenvalue weighted by Gasteiger charge is -2.34. The molecule has 0 bridgehead atoms. The Bertz CT molecular complexity index is 100. The van der Waals surface area contributed by atoms with E-state index in [1.54, 1.807) is 0 Å². The van der Waals surface area contributed by atoms with Crippen molar-refractivity contribution in [2.75, 3.05) is 13.4 Å². The first-order chi connectivity index (χ1) is 4.13. The monoisotopic (exact) mass is 132 g/mol. The molecule has 0 saturated carbocycles. The molecule has 0 aromatic carbocycles. The van der Waals surface area contributed by atoms with Crippen molar-refractivity contribution < 1.29 is 14.6 Å². The number of aliphatic hydroxyl groups excluding tert-OH is 1. The van der Waals surface area contributed by atoms with Crippen LogP contribution in [0.25, 0.3) is 0 Å². The highest BCUT2D eigenvalue weighted by Gasteiger charge is 2.32. The number of hydrogen-bond donors (Lipinski definition) is 1. The molecule has 0 aliphatic carbocycles. The second-order valence-corrected chi connectivity index (χ2v) is 2.75. The van der Waals surface area contributed by atoms with E-state index in [1.807, 2.05) is 13.8 Å². The van der Waals surface area contributed by atoms with E-state index in [0.717, 1.165) is 0 Å².